The number of hydrogen-bond donors (Lipinski definition) is 2. The van der Waals surface area contributed by atoms with Crippen molar-refractivity contribution in [3.63, 3.8) is 0 Å². The van der Waals surface area contributed by atoms with Crippen LogP contribution in [0.25, 0.3) is 0 Å². The molecule has 1 fully saturated rings. The zero-order valence-corrected chi connectivity index (χ0v) is 12.2. The highest BCUT2D eigenvalue weighted by Crippen LogP contribution is 2.37. The lowest BCUT2D eigenvalue weighted by Gasteiger charge is -2.31. The number of likely N-dealkylation sites (N-methyl/N-ethyl adjacent to an activating group) is 1. The zero-order valence-electron chi connectivity index (χ0n) is 12.2. The number of nitrogens with zero attached hydrogens (tertiary/aromatic N) is 1. The van der Waals surface area contributed by atoms with Gasteiger partial charge in [0.1, 0.15) is 0 Å². The summed E-state index contributed by atoms with van der Waals surface area (Å²) < 4.78 is 0. The van der Waals surface area contributed by atoms with Crippen molar-refractivity contribution in [1.29, 1.82) is 0 Å². The number of carbonyl (C=O) groups excluding carboxylic acids is 1. The minimum Gasteiger partial charge on any atom is -0.481 e. The molecular formula is C14H25NO4. The Hall–Kier alpha value is -1.10. The third-order valence-corrected chi connectivity index (χ3v) is 3.70. The lowest BCUT2D eigenvalue weighted by Crippen LogP contribution is -2.46. The number of carboxylic acid groups (broad SMARTS) is 1. The third kappa shape index (κ3) is 4.20. The molecule has 19 heavy (non-hydrogen) atoms. The van der Waals surface area contributed by atoms with Gasteiger partial charge in [0.25, 0.3) is 0 Å². The van der Waals surface area contributed by atoms with Crippen LogP contribution in [0.2, 0.25) is 0 Å². The van der Waals surface area contributed by atoms with E-state index in [2.05, 4.69) is 0 Å². The van der Waals surface area contributed by atoms with Crippen molar-refractivity contribution in [3.8, 4) is 0 Å². The molecule has 0 aromatic carbocycles. The maximum atomic E-state index is 12.5. The Morgan fingerprint density at radius 3 is 2.21 bits per heavy atom. The summed E-state index contributed by atoms with van der Waals surface area (Å²) in [6.07, 6.45) is 1.18. The molecule has 1 aliphatic rings. The molecule has 0 radical (unpaired) electrons. The van der Waals surface area contributed by atoms with Gasteiger partial charge in [-0.05, 0) is 39.5 Å². The number of carbonyl (C=O) groups is 2. The Labute approximate surface area is 114 Å². The Bertz CT molecular complexity index is 348. The van der Waals surface area contributed by atoms with E-state index in [1.165, 1.54) is 0 Å². The van der Waals surface area contributed by atoms with Crippen molar-refractivity contribution in [3.05, 3.63) is 0 Å². The van der Waals surface area contributed by atoms with Crippen LogP contribution in [0.5, 0.6) is 0 Å². The van der Waals surface area contributed by atoms with Gasteiger partial charge < -0.3 is 15.1 Å². The van der Waals surface area contributed by atoms with Crippen LogP contribution in [0.4, 0.5) is 0 Å². The highest BCUT2D eigenvalue weighted by Gasteiger charge is 2.43. The molecule has 5 heteroatoms. The van der Waals surface area contributed by atoms with Crippen molar-refractivity contribution >= 4 is 11.9 Å². The van der Waals surface area contributed by atoms with Gasteiger partial charge >= 0.3 is 5.97 Å². The molecule has 0 aromatic rings. The summed E-state index contributed by atoms with van der Waals surface area (Å²) in [6, 6.07) is 0. The molecule has 5 nitrogen and oxygen atoms in total. The first-order valence-electron chi connectivity index (χ1n) is 6.89. The fourth-order valence-corrected chi connectivity index (χ4v) is 2.88. The molecule has 1 aliphatic carbocycles. The van der Waals surface area contributed by atoms with Crippen LogP contribution in [-0.4, -0.2) is 45.7 Å². The minimum atomic E-state index is -0.964. The molecule has 1 saturated carbocycles. The molecule has 1 amide bonds. The average molecular weight is 271 g/mol. The largest absolute Gasteiger partial charge is 0.481 e. The summed E-state index contributed by atoms with van der Waals surface area (Å²) in [4.78, 5) is 25.3. The van der Waals surface area contributed by atoms with E-state index in [1.807, 2.05) is 13.8 Å². The molecule has 1 rings (SSSR count). The molecule has 1 unspecified atom stereocenters. The molecule has 2 N–H and O–H groups in total. The summed E-state index contributed by atoms with van der Waals surface area (Å²) in [7, 11) is 0. The summed E-state index contributed by atoms with van der Waals surface area (Å²) in [5, 5.41) is 19.0. The van der Waals surface area contributed by atoms with E-state index in [4.69, 9.17) is 0 Å². The molecule has 110 valence electrons. The topological polar surface area (TPSA) is 77.8 Å². The average Bonchev–Trinajstić information content (AvgIpc) is 2.66. The van der Waals surface area contributed by atoms with Gasteiger partial charge in [-0.3, -0.25) is 9.59 Å². The van der Waals surface area contributed by atoms with Gasteiger partial charge in [-0.2, -0.15) is 0 Å². The number of aliphatic hydroxyl groups is 1. The maximum Gasteiger partial charge on any atom is 0.307 e. The van der Waals surface area contributed by atoms with Crippen molar-refractivity contribution in [1.82, 2.24) is 4.90 Å². The quantitative estimate of drug-likeness (QED) is 0.791. The number of aliphatic carboxylic acids is 1. The third-order valence-electron chi connectivity index (χ3n) is 3.70. The highest BCUT2D eigenvalue weighted by molar-refractivity contribution is 5.85. The van der Waals surface area contributed by atoms with Crippen LogP contribution in [-0.2, 0) is 9.59 Å². The first-order chi connectivity index (χ1) is 8.65. The molecule has 0 spiro atoms. The zero-order chi connectivity index (χ0) is 14.8. The summed E-state index contributed by atoms with van der Waals surface area (Å²) in [5.74, 6) is -1.80. The Morgan fingerprint density at radius 1 is 1.26 bits per heavy atom. The first-order valence-corrected chi connectivity index (χ1v) is 6.89. The lowest BCUT2D eigenvalue weighted by molar-refractivity contribution is -0.150. The van der Waals surface area contributed by atoms with Gasteiger partial charge in [0.2, 0.25) is 5.91 Å². The van der Waals surface area contributed by atoms with Gasteiger partial charge in [-0.1, -0.05) is 6.92 Å². The van der Waals surface area contributed by atoms with Crippen molar-refractivity contribution < 1.29 is 19.8 Å². The van der Waals surface area contributed by atoms with Crippen LogP contribution < -0.4 is 0 Å². The fraction of sp³-hybridized carbons (Fsp3) is 0.857. The second kappa shape index (κ2) is 5.90. The summed E-state index contributed by atoms with van der Waals surface area (Å²) >= 11 is 0. The predicted molar refractivity (Wildman–Crippen MR) is 71.6 cm³/mol. The van der Waals surface area contributed by atoms with E-state index in [1.54, 1.807) is 18.7 Å². The van der Waals surface area contributed by atoms with E-state index in [-0.39, 0.29) is 18.4 Å². The monoisotopic (exact) mass is 271 g/mol. The molecule has 0 aliphatic heterocycles. The molecule has 0 aromatic heterocycles. The SMILES string of the molecule is CCN(CC(C)(C)O)C(=O)[C@H]1CC(C)C[C@H]1C(=O)O. The molecule has 0 saturated heterocycles. The lowest BCUT2D eigenvalue weighted by atomic mass is 9.94. The fourth-order valence-electron chi connectivity index (χ4n) is 2.88. The molecular weight excluding hydrogens is 246 g/mol. The van der Waals surface area contributed by atoms with Gasteiger partial charge in [-0.25, -0.2) is 0 Å². The van der Waals surface area contributed by atoms with Crippen LogP contribution in [0.1, 0.15) is 40.5 Å². The molecule has 0 bridgehead atoms. The molecule has 0 heterocycles. The van der Waals surface area contributed by atoms with Gasteiger partial charge in [0.05, 0.1) is 17.4 Å². The van der Waals surface area contributed by atoms with Crippen LogP contribution in [0.15, 0.2) is 0 Å². The number of carboxylic acids is 1. The number of rotatable bonds is 5. The Kier molecular flexibility index (Phi) is 4.96. The number of amides is 1. The van der Waals surface area contributed by atoms with Crippen molar-refractivity contribution in [2.45, 2.75) is 46.1 Å². The Morgan fingerprint density at radius 2 is 1.79 bits per heavy atom. The Balaban J connectivity index is 2.81. The standard InChI is InChI=1S/C14H25NO4/c1-5-15(8-14(3,4)19)12(16)10-6-9(2)7-11(10)13(17)18/h9-11,19H,5-8H2,1-4H3,(H,17,18)/t9?,10-,11+/m0/s1. The second-order valence-electron chi connectivity index (χ2n) is 6.29. The first kappa shape index (κ1) is 16.0. The van der Waals surface area contributed by atoms with Gasteiger partial charge in [0.15, 0.2) is 0 Å². The van der Waals surface area contributed by atoms with E-state index in [0.717, 1.165) is 0 Å². The van der Waals surface area contributed by atoms with Crippen LogP contribution in [0, 0.1) is 17.8 Å². The van der Waals surface area contributed by atoms with Gasteiger partial charge in [0, 0.05) is 13.1 Å². The summed E-state index contributed by atoms with van der Waals surface area (Å²) in [6.45, 7) is 7.84. The van der Waals surface area contributed by atoms with E-state index < -0.39 is 23.4 Å². The molecule has 3 atom stereocenters. The van der Waals surface area contributed by atoms with Crippen LogP contribution in [0.3, 0.4) is 0 Å². The highest BCUT2D eigenvalue weighted by atomic mass is 16.4. The van der Waals surface area contributed by atoms with Gasteiger partial charge in [-0.15, -0.1) is 0 Å². The van der Waals surface area contributed by atoms with Crippen LogP contribution >= 0.6 is 0 Å². The maximum absolute atomic E-state index is 12.5. The number of hydrogen-bond acceptors (Lipinski definition) is 3. The van der Waals surface area contributed by atoms with Crippen molar-refractivity contribution in [2.75, 3.05) is 13.1 Å². The van der Waals surface area contributed by atoms with E-state index in [9.17, 15) is 19.8 Å². The van der Waals surface area contributed by atoms with Crippen molar-refractivity contribution in [2.24, 2.45) is 17.8 Å². The van der Waals surface area contributed by atoms with E-state index in [0.29, 0.717) is 19.4 Å². The predicted octanol–water partition coefficient (Wildman–Crippen LogP) is 1.35. The normalized spacial score (nSPS) is 27.3. The summed E-state index contributed by atoms with van der Waals surface area (Å²) in [5.41, 5.74) is -0.964. The second-order valence-corrected chi connectivity index (χ2v) is 6.29. The smallest absolute Gasteiger partial charge is 0.307 e. The van der Waals surface area contributed by atoms with E-state index >= 15 is 0 Å². The minimum absolute atomic E-state index is 0.138.